The van der Waals surface area contributed by atoms with Gasteiger partial charge in [-0.25, -0.2) is 8.78 Å². The summed E-state index contributed by atoms with van der Waals surface area (Å²) in [7, 11) is 1.48. The fraction of sp³-hybridized carbons (Fsp3) is 0.143. The molecule has 0 saturated carbocycles. The maximum atomic E-state index is 13.8. The van der Waals surface area contributed by atoms with Gasteiger partial charge in [-0.2, -0.15) is 0 Å². The van der Waals surface area contributed by atoms with Gasteiger partial charge in [0.1, 0.15) is 17.4 Å². The fourth-order valence-electron chi connectivity index (χ4n) is 1.95. The number of rotatable bonds is 3. The van der Waals surface area contributed by atoms with Gasteiger partial charge in [0.05, 0.1) is 17.6 Å². The van der Waals surface area contributed by atoms with Crippen molar-refractivity contribution in [3.8, 4) is 5.75 Å². The Kier molecular flexibility index (Phi) is 4.62. The molecule has 2 aromatic rings. The third-order valence-corrected chi connectivity index (χ3v) is 3.68. The summed E-state index contributed by atoms with van der Waals surface area (Å²) in [5.41, 5.74) is 6.74. The number of halogens is 4. The topological polar surface area (TPSA) is 35.2 Å². The lowest BCUT2D eigenvalue weighted by Crippen LogP contribution is -2.15. The van der Waals surface area contributed by atoms with Crippen molar-refractivity contribution in [2.75, 3.05) is 7.11 Å². The first kappa shape index (κ1) is 15.2. The standard InChI is InChI=1S/C14H11BrClF2NO/c1-20-14-10(4-7(16)5-11(14)15)13(19)9-3-2-8(17)6-12(9)18/h2-6,13H,19H2,1H3. The monoisotopic (exact) mass is 361 g/mol. The highest BCUT2D eigenvalue weighted by molar-refractivity contribution is 9.10. The Hall–Kier alpha value is -1.17. The van der Waals surface area contributed by atoms with E-state index in [0.717, 1.165) is 12.1 Å². The van der Waals surface area contributed by atoms with Crippen molar-refractivity contribution in [2.24, 2.45) is 5.73 Å². The zero-order chi connectivity index (χ0) is 14.9. The molecular formula is C14H11BrClF2NO. The van der Waals surface area contributed by atoms with E-state index >= 15 is 0 Å². The number of hydrogen-bond donors (Lipinski definition) is 1. The zero-order valence-corrected chi connectivity index (χ0v) is 12.8. The van der Waals surface area contributed by atoms with Gasteiger partial charge in [-0.3, -0.25) is 0 Å². The van der Waals surface area contributed by atoms with E-state index in [1.54, 1.807) is 12.1 Å². The Bertz CT molecular complexity index is 651. The molecule has 2 aromatic carbocycles. The second-order valence-electron chi connectivity index (χ2n) is 4.15. The minimum Gasteiger partial charge on any atom is -0.495 e. The highest BCUT2D eigenvalue weighted by Gasteiger charge is 2.20. The quantitative estimate of drug-likeness (QED) is 0.876. The van der Waals surface area contributed by atoms with Crippen LogP contribution >= 0.6 is 27.5 Å². The maximum absolute atomic E-state index is 13.8. The summed E-state index contributed by atoms with van der Waals surface area (Å²) in [5, 5.41) is 0.436. The Morgan fingerprint density at radius 2 is 1.90 bits per heavy atom. The minimum atomic E-state index is -0.819. The van der Waals surface area contributed by atoms with Gasteiger partial charge in [-0.05, 0) is 34.1 Å². The van der Waals surface area contributed by atoms with Crippen LogP contribution < -0.4 is 10.5 Å². The lowest BCUT2D eigenvalue weighted by atomic mass is 9.98. The van der Waals surface area contributed by atoms with Crippen LogP contribution in [0.2, 0.25) is 5.02 Å². The summed E-state index contributed by atoms with van der Waals surface area (Å²) in [6.07, 6.45) is 0. The Balaban J connectivity index is 2.55. The van der Waals surface area contributed by atoms with E-state index in [9.17, 15) is 8.78 Å². The molecule has 106 valence electrons. The van der Waals surface area contributed by atoms with Crippen LogP contribution in [0, 0.1) is 11.6 Å². The van der Waals surface area contributed by atoms with Crippen molar-refractivity contribution >= 4 is 27.5 Å². The Morgan fingerprint density at radius 1 is 1.20 bits per heavy atom. The van der Waals surface area contributed by atoms with Crippen molar-refractivity contribution in [3.63, 3.8) is 0 Å². The molecule has 0 bridgehead atoms. The number of ether oxygens (including phenoxy) is 1. The number of benzene rings is 2. The first-order valence-corrected chi connectivity index (χ1v) is 6.84. The molecule has 0 aliphatic carbocycles. The number of hydrogen-bond acceptors (Lipinski definition) is 2. The average molecular weight is 363 g/mol. The summed E-state index contributed by atoms with van der Waals surface area (Å²) in [5.74, 6) is -0.904. The highest BCUT2D eigenvalue weighted by atomic mass is 79.9. The van der Waals surface area contributed by atoms with Crippen LogP contribution in [0.25, 0.3) is 0 Å². The van der Waals surface area contributed by atoms with E-state index < -0.39 is 17.7 Å². The van der Waals surface area contributed by atoms with Gasteiger partial charge in [0, 0.05) is 22.2 Å². The summed E-state index contributed by atoms with van der Waals surface area (Å²) in [4.78, 5) is 0. The molecule has 6 heteroatoms. The van der Waals surface area contributed by atoms with Crippen molar-refractivity contribution in [3.05, 3.63) is 62.6 Å². The molecule has 0 aromatic heterocycles. The first-order valence-electron chi connectivity index (χ1n) is 5.67. The van der Waals surface area contributed by atoms with E-state index in [2.05, 4.69) is 15.9 Å². The molecule has 0 saturated heterocycles. The van der Waals surface area contributed by atoms with Crippen LogP contribution in [0.1, 0.15) is 17.2 Å². The molecular weight excluding hydrogens is 352 g/mol. The third-order valence-electron chi connectivity index (χ3n) is 2.87. The minimum absolute atomic E-state index is 0.166. The molecule has 0 aliphatic rings. The molecule has 2 rings (SSSR count). The van der Waals surface area contributed by atoms with Crippen LogP contribution in [-0.2, 0) is 0 Å². The highest BCUT2D eigenvalue weighted by Crippen LogP contribution is 2.37. The predicted octanol–water partition coefficient (Wildman–Crippen LogP) is 4.44. The van der Waals surface area contributed by atoms with E-state index in [0.29, 0.717) is 20.8 Å². The zero-order valence-electron chi connectivity index (χ0n) is 10.5. The van der Waals surface area contributed by atoms with Crippen LogP contribution in [0.5, 0.6) is 5.75 Å². The molecule has 1 unspecified atom stereocenters. The molecule has 0 radical (unpaired) electrons. The van der Waals surface area contributed by atoms with Crippen LogP contribution in [0.4, 0.5) is 8.78 Å². The van der Waals surface area contributed by atoms with E-state index in [1.807, 2.05) is 0 Å². The summed E-state index contributed by atoms with van der Waals surface area (Å²) < 4.78 is 32.6. The van der Waals surface area contributed by atoms with Gasteiger partial charge >= 0.3 is 0 Å². The molecule has 2 nitrogen and oxygen atoms in total. The number of nitrogens with two attached hydrogens (primary N) is 1. The van der Waals surface area contributed by atoms with Crippen LogP contribution in [-0.4, -0.2) is 7.11 Å². The Labute approximate surface area is 128 Å². The van der Waals surface area contributed by atoms with Crippen molar-refractivity contribution in [1.82, 2.24) is 0 Å². The summed E-state index contributed by atoms with van der Waals surface area (Å²) in [6.45, 7) is 0. The number of methoxy groups -OCH3 is 1. The molecule has 0 fully saturated rings. The fourth-order valence-corrected chi connectivity index (χ4v) is 2.94. The SMILES string of the molecule is COc1c(Br)cc(Cl)cc1C(N)c1ccc(F)cc1F. The second kappa shape index (κ2) is 6.08. The summed E-state index contributed by atoms with van der Waals surface area (Å²) >= 11 is 9.29. The lowest BCUT2D eigenvalue weighted by Gasteiger charge is -2.18. The van der Waals surface area contributed by atoms with Crippen molar-refractivity contribution in [2.45, 2.75) is 6.04 Å². The lowest BCUT2D eigenvalue weighted by molar-refractivity contribution is 0.404. The average Bonchev–Trinajstić information content (AvgIpc) is 2.37. The second-order valence-corrected chi connectivity index (χ2v) is 5.44. The van der Waals surface area contributed by atoms with Gasteiger partial charge in [-0.1, -0.05) is 17.7 Å². The molecule has 1 atom stereocenters. The van der Waals surface area contributed by atoms with Crippen molar-refractivity contribution < 1.29 is 13.5 Å². The molecule has 0 spiro atoms. The summed E-state index contributed by atoms with van der Waals surface area (Å²) in [6, 6.07) is 5.69. The van der Waals surface area contributed by atoms with Crippen LogP contribution in [0.3, 0.4) is 0 Å². The largest absolute Gasteiger partial charge is 0.495 e. The van der Waals surface area contributed by atoms with Gasteiger partial charge in [-0.15, -0.1) is 0 Å². The van der Waals surface area contributed by atoms with Crippen LogP contribution in [0.15, 0.2) is 34.8 Å². The van der Waals surface area contributed by atoms with Gasteiger partial charge < -0.3 is 10.5 Å². The van der Waals surface area contributed by atoms with Gasteiger partial charge in [0.15, 0.2) is 0 Å². The maximum Gasteiger partial charge on any atom is 0.138 e. The molecule has 0 aliphatic heterocycles. The molecule has 20 heavy (non-hydrogen) atoms. The van der Waals surface area contributed by atoms with Crippen molar-refractivity contribution in [1.29, 1.82) is 0 Å². The third kappa shape index (κ3) is 2.95. The molecule has 0 heterocycles. The van der Waals surface area contributed by atoms with E-state index in [4.69, 9.17) is 22.1 Å². The van der Waals surface area contributed by atoms with Gasteiger partial charge in [0.2, 0.25) is 0 Å². The van der Waals surface area contributed by atoms with E-state index in [1.165, 1.54) is 13.2 Å². The predicted molar refractivity (Wildman–Crippen MR) is 78.1 cm³/mol. The normalized spacial score (nSPS) is 12.3. The molecule has 2 N–H and O–H groups in total. The van der Waals surface area contributed by atoms with Gasteiger partial charge in [0.25, 0.3) is 0 Å². The Morgan fingerprint density at radius 3 is 2.50 bits per heavy atom. The van der Waals surface area contributed by atoms with E-state index in [-0.39, 0.29) is 5.56 Å². The smallest absolute Gasteiger partial charge is 0.138 e. The first-order chi connectivity index (χ1) is 9.43. The molecule has 0 amide bonds.